The van der Waals surface area contributed by atoms with E-state index < -0.39 is 11.9 Å². The molecule has 0 amide bonds. The van der Waals surface area contributed by atoms with E-state index in [0.29, 0.717) is 5.69 Å². The van der Waals surface area contributed by atoms with Crippen molar-refractivity contribution in [1.82, 2.24) is 4.98 Å². The number of nitrogens with one attached hydrogen (secondary N) is 1. The van der Waals surface area contributed by atoms with E-state index in [0.717, 1.165) is 4.47 Å². The molecule has 6 nitrogen and oxygen atoms in total. The van der Waals surface area contributed by atoms with E-state index >= 15 is 0 Å². The van der Waals surface area contributed by atoms with Crippen molar-refractivity contribution in [1.29, 1.82) is 0 Å². The summed E-state index contributed by atoms with van der Waals surface area (Å²) >= 11 is 3.22. The van der Waals surface area contributed by atoms with Gasteiger partial charge in [-0.15, -0.1) is 0 Å². The first-order valence-corrected chi connectivity index (χ1v) is 6.65. The number of hydrogen-bond donors (Lipinski definition) is 1. The number of ether oxygens (including phenoxy) is 2. The zero-order valence-corrected chi connectivity index (χ0v) is 12.2. The molecule has 0 aliphatic heterocycles. The fourth-order valence-corrected chi connectivity index (χ4v) is 1.88. The van der Waals surface area contributed by atoms with Gasteiger partial charge < -0.3 is 18.9 Å². The molecule has 0 saturated heterocycles. The van der Waals surface area contributed by atoms with Crippen LogP contribution >= 0.6 is 15.9 Å². The lowest BCUT2D eigenvalue weighted by atomic mass is 10.2. The van der Waals surface area contributed by atoms with Crippen molar-refractivity contribution < 1.29 is 23.5 Å². The lowest BCUT2D eigenvalue weighted by molar-refractivity contribution is 0.0418. The molecule has 0 aliphatic carbocycles. The Morgan fingerprint density at radius 3 is 2.80 bits per heavy atom. The quantitative estimate of drug-likeness (QED) is 0.845. The van der Waals surface area contributed by atoms with Gasteiger partial charge in [-0.2, -0.15) is 0 Å². The van der Waals surface area contributed by atoms with Gasteiger partial charge >= 0.3 is 11.9 Å². The standard InChI is InChI=1S/C13H12BrNO5/c1-2-18-12(16)9-3-4-19-11(9)7-20-13(17)10-5-8(14)6-15-10/h3-6,15H,2,7H2,1H3. The van der Waals surface area contributed by atoms with Gasteiger partial charge in [-0.3, -0.25) is 0 Å². The predicted octanol–water partition coefficient (Wildman–Crippen LogP) is 2.90. The Bertz CT molecular complexity index is 616. The number of carbonyl (C=O) groups is 2. The van der Waals surface area contributed by atoms with Crippen molar-refractivity contribution in [3.8, 4) is 0 Å². The molecule has 0 radical (unpaired) electrons. The molecule has 0 spiro atoms. The van der Waals surface area contributed by atoms with Crippen LogP contribution in [0.5, 0.6) is 0 Å². The van der Waals surface area contributed by atoms with Crippen LogP contribution in [-0.4, -0.2) is 23.5 Å². The van der Waals surface area contributed by atoms with E-state index in [-0.39, 0.29) is 24.5 Å². The Morgan fingerprint density at radius 2 is 2.15 bits per heavy atom. The molecule has 2 rings (SSSR count). The Balaban J connectivity index is 1.99. The third kappa shape index (κ3) is 3.30. The summed E-state index contributed by atoms with van der Waals surface area (Å²) in [6.45, 7) is 1.83. The summed E-state index contributed by atoms with van der Waals surface area (Å²) < 4.78 is 15.8. The van der Waals surface area contributed by atoms with Crippen LogP contribution in [0.2, 0.25) is 0 Å². The molecule has 0 fully saturated rings. The molecule has 2 heterocycles. The lowest BCUT2D eigenvalue weighted by Gasteiger charge is -2.04. The van der Waals surface area contributed by atoms with Crippen LogP contribution in [0.3, 0.4) is 0 Å². The van der Waals surface area contributed by atoms with E-state index in [4.69, 9.17) is 13.9 Å². The summed E-state index contributed by atoms with van der Waals surface area (Å²) in [5, 5.41) is 0. The molecule has 7 heteroatoms. The second-order valence-electron chi connectivity index (χ2n) is 3.79. The van der Waals surface area contributed by atoms with E-state index in [1.807, 2.05) is 0 Å². The van der Waals surface area contributed by atoms with Crippen LogP contribution in [0.15, 0.2) is 33.5 Å². The number of aromatic nitrogens is 1. The van der Waals surface area contributed by atoms with E-state index in [1.54, 1.807) is 19.2 Å². The molecular weight excluding hydrogens is 330 g/mol. The second kappa shape index (κ2) is 6.42. The molecule has 0 atom stereocenters. The van der Waals surface area contributed by atoms with E-state index in [9.17, 15) is 9.59 Å². The molecule has 1 N–H and O–H groups in total. The van der Waals surface area contributed by atoms with Crippen LogP contribution in [0.1, 0.15) is 33.5 Å². The number of rotatable bonds is 5. The molecule has 0 aliphatic rings. The largest absolute Gasteiger partial charge is 0.465 e. The van der Waals surface area contributed by atoms with Crippen molar-refractivity contribution in [2.24, 2.45) is 0 Å². The van der Waals surface area contributed by atoms with Gasteiger partial charge in [-0.1, -0.05) is 0 Å². The minimum Gasteiger partial charge on any atom is -0.465 e. The van der Waals surface area contributed by atoms with Crippen LogP contribution < -0.4 is 0 Å². The maximum atomic E-state index is 11.7. The van der Waals surface area contributed by atoms with Gasteiger partial charge in [0.25, 0.3) is 0 Å². The van der Waals surface area contributed by atoms with Crippen molar-refractivity contribution in [3.63, 3.8) is 0 Å². The number of halogens is 1. The highest BCUT2D eigenvalue weighted by atomic mass is 79.9. The molecule has 0 unspecified atom stereocenters. The molecule has 20 heavy (non-hydrogen) atoms. The van der Waals surface area contributed by atoms with Crippen LogP contribution in [0.4, 0.5) is 0 Å². The van der Waals surface area contributed by atoms with Crippen LogP contribution in [0.25, 0.3) is 0 Å². The summed E-state index contributed by atoms with van der Waals surface area (Å²) in [5.74, 6) is -0.792. The lowest BCUT2D eigenvalue weighted by Crippen LogP contribution is -2.09. The molecule has 0 bridgehead atoms. The zero-order valence-electron chi connectivity index (χ0n) is 10.6. The summed E-state index contributed by atoms with van der Waals surface area (Å²) in [7, 11) is 0. The SMILES string of the molecule is CCOC(=O)c1ccoc1COC(=O)c1cc(Br)c[nH]1. The third-order valence-electron chi connectivity index (χ3n) is 2.44. The predicted molar refractivity (Wildman–Crippen MR) is 72.3 cm³/mol. The molecule has 106 valence electrons. The minimum absolute atomic E-state index is 0.142. The van der Waals surface area contributed by atoms with Gasteiger partial charge in [0.1, 0.15) is 11.3 Å². The maximum Gasteiger partial charge on any atom is 0.355 e. The molecule has 0 saturated carbocycles. The Kier molecular flexibility index (Phi) is 4.62. The topological polar surface area (TPSA) is 81.5 Å². The van der Waals surface area contributed by atoms with E-state index in [2.05, 4.69) is 20.9 Å². The first-order chi connectivity index (χ1) is 9.61. The van der Waals surface area contributed by atoms with Gasteiger partial charge in [-0.05, 0) is 35.0 Å². The van der Waals surface area contributed by atoms with Crippen molar-refractivity contribution >= 4 is 27.9 Å². The van der Waals surface area contributed by atoms with Gasteiger partial charge in [0, 0.05) is 10.7 Å². The average Bonchev–Trinajstić information content (AvgIpc) is 3.04. The highest BCUT2D eigenvalue weighted by Crippen LogP contribution is 2.15. The van der Waals surface area contributed by atoms with Crippen LogP contribution in [0, 0.1) is 0 Å². The van der Waals surface area contributed by atoms with E-state index in [1.165, 1.54) is 12.3 Å². The normalized spacial score (nSPS) is 10.3. The number of furan rings is 1. The van der Waals surface area contributed by atoms with Crippen LogP contribution in [-0.2, 0) is 16.1 Å². The third-order valence-corrected chi connectivity index (χ3v) is 2.90. The Morgan fingerprint density at radius 1 is 1.35 bits per heavy atom. The van der Waals surface area contributed by atoms with Gasteiger partial charge in [-0.25, -0.2) is 9.59 Å². The smallest absolute Gasteiger partial charge is 0.355 e. The summed E-state index contributed by atoms with van der Waals surface area (Å²) in [4.78, 5) is 26.1. The van der Waals surface area contributed by atoms with Gasteiger partial charge in [0.2, 0.25) is 0 Å². The van der Waals surface area contributed by atoms with Gasteiger partial charge in [0.05, 0.1) is 12.9 Å². The number of hydrogen-bond acceptors (Lipinski definition) is 5. The van der Waals surface area contributed by atoms with Gasteiger partial charge in [0.15, 0.2) is 12.4 Å². The van der Waals surface area contributed by atoms with Crippen molar-refractivity contribution in [2.75, 3.05) is 6.61 Å². The summed E-state index contributed by atoms with van der Waals surface area (Å²) in [6.07, 6.45) is 2.97. The molecule has 2 aromatic heterocycles. The second-order valence-corrected chi connectivity index (χ2v) is 4.70. The van der Waals surface area contributed by atoms with Crippen molar-refractivity contribution in [2.45, 2.75) is 13.5 Å². The number of aromatic amines is 1. The number of esters is 2. The summed E-state index contributed by atoms with van der Waals surface area (Å²) in [6, 6.07) is 3.07. The minimum atomic E-state index is -0.540. The Hall–Kier alpha value is -2.02. The number of carbonyl (C=O) groups excluding carboxylic acids is 2. The maximum absolute atomic E-state index is 11.7. The first-order valence-electron chi connectivity index (χ1n) is 5.86. The first kappa shape index (κ1) is 14.4. The molecule has 2 aromatic rings. The fraction of sp³-hybridized carbons (Fsp3) is 0.231. The zero-order chi connectivity index (χ0) is 14.5. The Labute approximate surface area is 123 Å². The van der Waals surface area contributed by atoms with Crippen molar-refractivity contribution in [3.05, 3.63) is 46.1 Å². The summed E-state index contributed by atoms with van der Waals surface area (Å²) in [5.41, 5.74) is 0.563. The average molecular weight is 342 g/mol. The fourth-order valence-electron chi connectivity index (χ4n) is 1.54. The number of H-pyrrole nitrogens is 1. The highest BCUT2D eigenvalue weighted by Gasteiger charge is 2.18. The highest BCUT2D eigenvalue weighted by molar-refractivity contribution is 9.10. The molecular formula is C13H12BrNO5. The monoisotopic (exact) mass is 341 g/mol. The molecule has 0 aromatic carbocycles.